The highest BCUT2D eigenvalue weighted by Gasteiger charge is 2.12. The lowest BCUT2D eigenvalue weighted by atomic mass is 9.95. The molecule has 1 N–H and O–H groups in total. The SMILES string of the molecule is CCNC(Cc1cc(C)ccc1C)c1ccc(OC)cc1. The van der Waals surface area contributed by atoms with Crippen molar-refractivity contribution < 1.29 is 4.74 Å². The maximum atomic E-state index is 5.24. The van der Waals surface area contributed by atoms with Crippen molar-refractivity contribution >= 4 is 0 Å². The van der Waals surface area contributed by atoms with E-state index in [0.29, 0.717) is 6.04 Å². The van der Waals surface area contributed by atoms with Crippen LogP contribution in [0, 0.1) is 13.8 Å². The van der Waals surface area contributed by atoms with Crippen LogP contribution in [0.2, 0.25) is 0 Å². The third-order valence-electron chi connectivity index (χ3n) is 3.90. The van der Waals surface area contributed by atoms with E-state index in [2.05, 4.69) is 56.4 Å². The first-order valence-corrected chi connectivity index (χ1v) is 7.57. The number of benzene rings is 2. The number of rotatable bonds is 6. The number of methoxy groups -OCH3 is 1. The maximum absolute atomic E-state index is 5.24. The molecule has 0 aliphatic rings. The Kier molecular flexibility index (Phi) is 5.40. The van der Waals surface area contributed by atoms with E-state index in [1.165, 1.54) is 22.3 Å². The molecular formula is C19H25NO. The Balaban J connectivity index is 2.23. The Morgan fingerprint density at radius 2 is 1.76 bits per heavy atom. The van der Waals surface area contributed by atoms with Gasteiger partial charge in [-0.3, -0.25) is 0 Å². The van der Waals surface area contributed by atoms with E-state index in [0.717, 1.165) is 18.7 Å². The summed E-state index contributed by atoms with van der Waals surface area (Å²) in [7, 11) is 1.70. The van der Waals surface area contributed by atoms with Crippen LogP contribution >= 0.6 is 0 Å². The molecule has 0 fully saturated rings. The van der Waals surface area contributed by atoms with E-state index in [1.54, 1.807) is 7.11 Å². The van der Waals surface area contributed by atoms with Gasteiger partial charge in [0.05, 0.1) is 7.11 Å². The zero-order valence-electron chi connectivity index (χ0n) is 13.4. The maximum Gasteiger partial charge on any atom is 0.118 e. The predicted molar refractivity (Wildman–Crippen MR) is 89.0 cm³/mol. The number of likely N-dealkylation sites (N-methyl/N-ethyl adjacent to an activating group) is 1. The van der Waals surface area contributed by atoms with Gasteiger partial charge in [0.15, 0.2) is 0 Å². The minimum Gasteiger partial charge on any atom is -0.497 e. The Morgan fingerprint density at radius 1 is 1.05 bits per heavy atom. The molecule has 0 amide bonds. The number of hydrogen-bond acceptors (Lipinski definition) is 2. The van der Waals surface area contributed by atoms with Gasteiger partial charge in [0, 0.05) is 6.04 Å². The van der Waals surface area contributed by atoms with Gasteiger partial charge in [0.2, 0.25) is 0 Å². The van der Waals surface area contributed by atoms with Gasteiger partial charge in [0.25, 0.3) is 0 Å². The molecule has 2 nitrogen and oxygen atoms in total. The first kappa shape index (κ1) is 15.6. The molecule has 1 atom stereocenters. The molecule has 0 aliphatic carbocycles. The molecule has 112 valence electrons. The van der Waals surface area contributed by atoms with E-state index in [9.17, 15) is 0 Å². The second-order valence-electron chi connectivity index (χ2n) is 5.52. The lowest BCUT2D eigenvalue weighted by molar-refractivity contribution is 0.414. The fourth-order valence-corrected chi connectivity index (χ4v) is 2.63. The van der Waals surface area contributed by atoms with Crippen molar-refractivity contribution in [2.75, 3.05) is 13.7 Å². The van der Waals surface area contributed by atoms with Gasteiger partial charge in [-0.1, -0.05) is 42.8 Å². The van der Waals surface area contributed by atoms with E-state index >= 15 is 0 Å². The molecule has 21 heavy (non-hydrogen) atoms. The van der Waals surface area contributed by atoms with Gasteiger partial charge >= 0.3 is 0 Å². The molecular weight excluding hydrogens is 258 g/mol. The zero-order valence-corrected chi connectivity index (χ0v) is 13.4. The molecule has 0 heterocycles. The first-order valence-electron chi connectivity index (χ1n) is 7.57. The summed E-state index contributed by atoms with van der Waals surface area (Å²) in [4.78, 5) is 0. The van der Waals surface area contributed by atoms with Crippen LogP contribution in [0.4, 0.5) is 0 Å². The van der Waals surface area contributed by atoms with Crippen LogP contribution in [0.3, 0.4) is 0 Å². The first-order chi connectivity index (χ1) is 10.1. The van der Waals surface area contributed by atoms with Crippen molar-refractivity contribution in [2.24, 2.45) is 0 Å². The summed E-state index contributed by atoms with van der Waals surface area (Å²) in [5.74, 6) is 0.903. The fraction of sp³-hybridized carbons (Fsp3) is 0.368. The van der Waals surface area contributed by atoms with Crippen LogP contribution in [0.25, 0.3) is 0 Å². The van der Waals surface area contributed by atoms with E-state index in [4.69, 9.17) is 4.74 Å². The molecule has 0 bridgehead atoms. The number of hydrogen-bond donors (Lipinski definition) is 1. The monoisotopic (exact) mass is 283 g/mol. The Labute approximate surface area is 128 Å². The number of nitrogens with one attached hydrogen (secondary N) is 1. The van der Waals surface area contributed by atoms with Crippen LogP contribution in [0.1, 0.15) is 35.2 Å². The highest BCUT2D eigenvalue weighted by molar-refractivity contribution is 5.34. The highest BCUT2D eigenvalue weighted by Crippen LogP contribution is 2.23. The topological polar surface area (TPSA) is 21.3 Å². The van der Waals surface area contributed by atoms with Crippen LogP contribution in [0.15, 0.2) is 42.5 Å². The number of aryl methyl sites for hydroxylation is 2. The van der Waals surface area contributed by atoms with Crippen molar-refractivity contribution in [2.45, 2.75) is 33.2 Å². The molecule has 2 aromatic rings. The average Bonchev–Trinajstić information content (AvgIpc) is 2.50. The summed E-state index contributed by atoms with van der Waals surface area (Å²) in [6.45, 7) is 7.45. The normalized spacial score (nSPS) is 12.2. The van der Waals surface area contributed by atoms with Gasteiger partial charge in [-0.05, 0) is 55.6 Å². The standard InChI is InChI=1S/C19H25NO/c1-5-20-19(16-8-10-18(21-4)11-9-16)13-17-12-14(2)6-7-15(17)3/h6-12,19-20H,5,13H2,1-4H3. The predicted octanol–water partition coefficient (Wildman–Crippen LogP) is 4.21. The van der Waals surface area contributed by atoms with Crippen molar-refractivity contribution in [3.63, 3.8) is 0 Å². The van der Waals surface area contributed by atoms with E-state index in [-0.39, 0.29) is 0 Å². The summed E-state index contributed by atoms with van der Waals surface area (Å²) in [5, 5.41) is 3.59. The van der Waals surface area contributed by atoms with E-state index in [1.807, 2.05) is 12.1 Å². The van der Waals surface area contributed by atoms with Crippen molar-refractivity contribution in [1.29, 1.82) is 0 Å². The zero-order chi connectivity index (χ0) is 15.2. The van der Waals surface area contributed by atoms with Gasteiger partial charge in [0.1, 0.15) is 5.75 Å². The Bertz CT molecular complexity index is 575. The molecule has 1 unspecified atom stereocenters. The third kappa shape index (κ3) is 4.08. The molecule has 2 aromatic carbocycles. The summed E-state index contributed by atoms with van der Waals surface area (Å²) in [5.41, 5.74) is 5.40. The third-order valence-corrected chi connectivity index (χ3v) is 3.90. The van der Waals surface area contributed by atoms with Gasteiger partial charge < -0.3 is 10.1 Å². The number of ether oxygens (including phenoxy) is 1. The summed E-state index contributed by atoms with van der Waals surface area (Å²) >= 11 is 0. The van der Waals surface area contributed by atoms with Crippen molar-refractivity contribution in [3.8, 4) is 5.75 Å². The van der Waals surface area contributed by atoms with Crippen LogP contribution in [0.5, 0.6) is 5.75 Å². The molecule has 2 rings (SSSR count). The molecule has 0 saturated heterocycles. The lowest BCUT2D eigenvalue weighted by Crippen LogP contribution is -2.23. The summed E-state index contributed by atoms with van der Waals surface area (Å²) in [6.07, 6.45) is 1.01. The molecule has 0 saturated carbocycles. The summed E-state index contributed by atoms with van der Waals surface area (Å²) < 4.78 is 5.24. The molecule has 0 radical (unpaired) electrons. The average molecular weight is 283 g/mol. The second-order valence-corrected chi connectivity index (χ2v) is 5.52. The summed E-state index contributed by atoms with van der Waals surface area (Å²) in [6, 6.07) is 15.4. The fourth-order valence-electron chi connectivity index (χ4n) is 2.63. The van der Waals surface area contributed by atoms with Gasteiger partial charge in [-0.25, -0.2) is 0 Å². The quantitative estimate of drug-likeness (QED) is 0.857. The second kappa shape index (κ2) is 7.28. The minimum absolute atomic E-state index is 0.335. The van der Waals surface area contributed by atoms with Crippen molar-refractivity contribution in [3.05, 3.63) is 64.7 Å². The largest absolute Gasteiger partial charge is 0.497 e. The molecule has 2 heteroatoms. The molecule has 0 spiro atoms. The van der Waals surface area contributed by atoms with Crippen LogP contribution in [-0.4, -0.2) is 13.7 Å². The highest BCUT2D eigenvalue weighted by atomic mass is 16.5. The van der Waals surface area contributed by atoms with Crippen LogP contribution < -0.4 is 10.1 Å². The lowest BCUT2D eigenvalue weighted by Gasteiger charge is -2.20. The van der Waals surface area contributed by atoms with Gasteiger partial charge in [-0.2, -0.15) is 0 Å². The van der Waals surface area contributed by atoms with Gasteiger partial charge in [-0.15, -0.1) is 0 Å². The van der Waals surface area contributed by atoms with E-state index < -0.39 is 0 Å². The molecule has 0 aliphatic heterocycles. The van der Waals surface area contributed by atoms with Crippen molar-refractivity contribution in [1.82, 2.24) is 5.32 Å². The minimum atomic E-state index is 0.335. The Hall–Kier alpha value is -1.80. The smallest absolute Gasteiger partial charge is 0.118 e. The Morgan fingerprint density at radius 3 is 2.38 bits per heavy atom. The molecule has 0 aromatic heterocycles. The van der Waals surface area contributed by atoms with Crippen LogP contribution in [-0.2, 0) is 6.42 Å².